The number of aliphatic hydroxyl groups is 1. The summed E-state index contributed by atoms with van der Waals surface area (Å²) in [7, 11) is 0. The largest absolute Gasteiger partial charge is 0.388 e. The molecule has 27 heavy (non-hydrogen) atoms. The van der Waals surface area contributed by atoms with Gasteiger partial charge in [0, 0.05) is 26.1 Å². The maximum absolute atomic E-state index is 12.5. The van der Waals surface area contributed by atoms with Crippen LogP contribution < -0.4 is 0 Å². The first-order valence-corrected chi connectivity index (χ1v) is 9.23. The number of carbonyl (C=O) groups is 1. The van der Waals surface area contributed by atoms with Crippen molar-refractivity contribution in [3.05, 3.63) is 66.0 Å². The van der Waals surface area contributed by atoms with Gasteiger partial charge in [0.05, 0.1) is 23.7 Å². The van der Waals surface area contributed by atoms with Gasteiger partial charge in [-0.1, -0.05) is 42.5 Å². The first-order valence-electron chi connectivity index (χ1n) is 9.23. The Labute approximate surface area is 158 Å². The number of ether oxygens (including phenoxy) is 1. The van der Waals surface area contributed by atoms with E-state index in [-0.39, 0.29) is 18.6 Å². The highest BCUT2D eigenvalue weighted by molar-refractivity contribution is 5.78. The lowest BCUT2D eigenvalue weighted by atomic mass is 10.1. The molecule has 1 amide bonds. The van der Waals surface area contributed by atoms with Gasteiger partial charge >= 0.3 is 0 Å². The highest BCUT2D eigenvalue weighted by Gasteiger charge is 2.31. The van der Waals surface area contributed by atoms with Gasteiger partial charge in [-0.15, -0.1) is 0 Å². The summed E-state index contributed by atoms with van der Waals surface area (Å²) >= 11 is 0. The van der Waals surface area contributed by atoms with Gasteiger partial charge in [-0.05, 0) is 17.7 Å². The molecule has 6 heteroatoms. The Hall–Kier alpha value is -2.70. The number of likely N-dealkylation sites (tertiary alicyclic amines) is 1. The second kappa shape index (κ2) is 7.90. The van der Waals surface area contributed by atoms with E-state index in [9.17, 15) is 9.90 Å². The molecule has 1 N–H and O–H groups in total. The molecule has 140 valence electrons. The van der Waals surface area contributed by atoms with Gasteiger partial charge in [0.1, 0.15) is 12.4 Å². The molecule has 1 aromatic heterocycles. The monoisotopic (exact) mass is 365 g/mol. The van der Waals surface area contributed by atoms with E-state index in [0.717, 1.165) is 16.6 Å². The van der Waals surface area contributed by atoms with Crippen molar-refractivity contribution in [3.63, 3.8) is 0 Å². The van der Waals surface area contributed by atoms with Crippen molar-refractivity contribution >= 4 is 16.9 Å². The van der Waals surface area contributed by atoms with Gasteiger partial charge in [-0.2, -0.15) is 0 Å². The second-order valence-electron chi connectivity index (χ2n) is 6.79. The first-order chi connectivity index (χ1) is 13.2. The number of para-hydroxylation sites is 2. The Kier molecular flexibility index (Phi) is 5.18. The van der Waals surface area contributed by atoms with Gasteiger partial charge in [0.2, 0.25) is 5.91 Å². The standard InChI is InChI=1S/C21H23N3O3/c25-14-20-22-18-8-4-5-9-19(18)24(20)11-10-21(26)23-12-17(13-23)27-15-16-6-2-1-3-7-16/h1-9,17,25H,10-15H2. The van der Waals surface area contributed by atoms with Crippen LogP contribution in [0.15, 0.2) is 54.6 Å². The number of rotatable bonds is 7. The number of aryl methyl sites for hydroxylation is 1. The number of aromatic nitrogens is 2. The Morgan fingerprint density at radius 2 is 1.85 bits per heavy atom. The molecule has 0 radical (unpaired) electrons. The minimum Gasteiger partial charge on any atom is -0.388 e. The van der Waals surface area contributed by atoms with E-state index in [1.165, 1.54) is 0 Å². The summed E-state index contributed by atoms with van der Waals surface area (Å²) in [4.78, 5) is 18.7. The topological polar surface area (TPSA) is 67.6 Å². The Balaban J connectivity index is 1.27. The molecule has 0 saturated carbocycles. The minimum absolute atomic E-state index is 0.108. The second-order valence-corrected chi connectivity index (χ2v) is 6.79. The molecule has 0 spiro atoms. The number of amides is 1. The zero-order valence-electron chi connectivity index (χ0n) is 15.1. The zero-order chi connectivity index (χ0) is 18.6. The summed E-state index contributed by atoms with van der Waals surface area (Å²) in [6.07, 6.45) is 0.495. The maximum atomic E-state index is 12.5. The van der Waals surface area contributed by atoms with Crippen LogP contribution in [0.2, 0.25) is 0 Å². The van der Waals surface area contributed by atoms with Crippen LogP contribution in [-0.2, 0) is 29.3 Å². The lowest BCUT2D eigenvalue weighted by Crippen LogP contribution is -2.54. The van der Waals surface area contributed by atoms with Crippen molar-refractivity contribution in [2.75, 3.05) is 13.1 Å². The van der Waals surface area contributed by atoms with Crippen LogP contribution in [0, 0.1) is 0 Å². The molecule has 0 bridgehead atoms. The third-order valence-corrected chi connectivity index (χ3v) is 4.95. The van der Waals surface area contributed by atoms with E-state index in [1.54, 1.807) is 0 Å². The molecular weight excluding hydrogens is 342 g/mol. The number of hydrogen-bond donors (Lipinski definition) is 1. The van der Waals surface area contributed by atoms with Crippen LogP contribution in [0.5, 0.6) is 0 Å². The molecule has 0 aliphatic carbocycles. The van der Waals surface area contributed by atoms with E-state index < -0.39 is 0 Å². The van der Waals surface area contributed by atoms with Crippen molar-refractivity contribution < 1.29 is 14.6 Å². The van der Waals surface area contributed by atoms with Gasteiger partial charge in [-0.25, -0.2) is 4.98 Å². The molecule has 3 aromatic rings. The van der Waals surface area contributed by atoms with Crippen LogP contribution in [0.1, 0.15) is 17.8 Å². The van der Waals surface area contributed by atoms with Crippen LogP contribution in [0.3, 0.4) is 0 Å². The van der Waals surface area contributed by atoms with Crippen molar-refractivity contribution in [3.8, 4) is 0 Å². The maximum Gasteiger partial charge on any atom is 0.224 e. The summed E-state index contributed by atoms with van der Waals surface area (Å²) in [6, 6.07) is 17.8. The van der Waals surface area contributed by atoms with E-state index in [0.29, 0.717) is 38.5 Å². The van der Waals surface area contributed by atoms with Gasteiger partial charge < -0.3 is 19.3 Å². The quantitative estimate of drug-likeness (QED) is 0.698. The predicted molar refractivity (Wildman–Crippen MR) is 102 cm³/mol. The summed E-state index contributed by atoms with van der Waals surface area (Å²) < 4.78 is 7.77. The van der Waals surface area contributed by atoms with Gasteiger partial charge in [0.25, 0.3) is 0 Å². The van der Waals surface area contributed by atoms with Crippen LogP contribution >= 0.6 is 0 Å². The van der Waals surface area contributed by atoms with Crippen molar-refractivity contribution in [1.82, 2.24) is 14.5 Å². The fourth-order valence-electron chi connectivity index (χ4n) is 3.40. The van der Waals surface area contributed by atoms with Crippen LogP contribution in [-0.4, -0.2) is 44.7 Å². The Morgan fingerprint density at radius 3 is 2.63 bits per heavy atom. The summed E-state index contributed by atoms with van der Waals surface area (Å²) in [5, 5.41) is 9.54. The first kappa shape index (κ1) is 17.7. The number of carbonyl (C=O) groups excluding carboxylic acids is 1. The zero-order valence-corrected chi connectivity index (χ0v) is 15.1. The summed E-state index contributed by atoms with van der Waals surface area (Å²) in [5.74, 6) is 0.702. The lowest BCUT2D eigenvalue weighted by molar-refractivity contribution is -0.146. The third kappa shape index (κ3) is 3.86. The van der Waals surface area contributed by atoms with Gasteiger partial charge in [-0.3, -0.25) is 4.79 Å². The number of aliphatic hydroxyl groups excluding tert-OH is 1. The number of nitrogens with zero attached hydrogens (tertiary/aromatic N) is 3. The summed E-state index contributed by atoms with van der Waals surface area (Å²) in [6.45, 7) is 2.24. The summed E-state index contributed by atoms with van der Waals surface area (Å²) in [5.41, 5.74) is 2.93. The number of benzene rings is 2. The molecule has 2 heterocycles. The average Bonchev–Trinajstić information content (AvgIpc) is 3.03. The fraction of sp³-hybridized carbons (Fsp3) is 0.333. The SMILES string of the molecule is O=C(CCn1c(CO)nc2ccccc21)N1CC(OCc2ccccc2)C1. The predicted octanol–water partition coefficient (Wildman–Crippen LogP) is 2.35. The molecule has 4 rings (SSSR count). The Bertz CT molecular complexity index is 917. The number of imidazole rings is 1. The molecule has 6 nitrogen and oxygen atoms in total. The molecule has 0 unspecified atom stereocenters. The molecule has 0 atom stereocenters. The normalized spacial score (nSPS) is 14.5. The van der Waals surface area contributed by atoms with Crippen molar-refractivity contribution in [2.45, 2.75) is 32.3 Å². The molecular formula is C21H23N3O3. The molecule has 1 aliphatic heterocycles. The van der Waals surface area contributed by atoms with Crippen LogP contribution in [0.25, 0.3) is 11.0 Å². The number of hydrogen-bond acceptors (Lipinski definition) is 4. The van der Waals surface area contributed by atoms with Crippen LogP contribution in [0.4, 0.5) is 0 Å². The van der Waals surface area contributed by atoms with E-state index in [4.69, 9.17) is 4.74 Å². The molecule has 1 fully saturated rings. The van der Waals surface area contributed by atoms with E-state index in [2.05, 4.69) is 4.98 Å². The Morgan fingerprint density at radius 1 is 1.11 bits per heavy atom. The highest BCUT2D eigenvalue weighted by Crippen LogP contribution is 2.19. The van der Waals surface area contributed by atoms with E-state index in [1.807, 2.05) is 64.1 Å². The lowest BCUT2D eigenvalue weighted by Gasteiger charge is -2.39. The molecule has 1 saturated heterocycles. The van der Waals surface area contributed by atoms with Gasteiger partial charge in [0.15, 0.2) is 0 Å². The molecule has 1 aliphatic rings. The smallest absolute Gasteiger partial charge is 0.224 e. The minimum atomic E-state index is -0.137. The van der Waals surface area contributed by atoms with E-state index >= 15 is 0 Å². The highest BCUT2D eigenvalue weighted by atomic mass is 16.5. The average molecular weight is 365 g/mol. The third-order valence-electron chi connectivity index (χ3n) is 4.95. The fourth-order valence-corrected chi connectivity index (χ4v) is 3.40. The van der Waals surface area contributed by atoms with Crippen molar-refractivity contribution in [1.29, 1.82) is 0 Å². The van der Waals surface area contributed by atoms with Crippen molar-refractivity contribution in [2.24, 2.45) is 0 Å². The molecule has 2 aromatic carbocycles. The number of fused-ring (bicyclic) bond motifs is 1.